The van der Waals surface area contributed by atoms with Crippen molar-refractivity contribution in [2.75, 3.05) is 13.2 Å². The first-order valence-corrected chi connectivity index (χ1v) is 8.00. The summed E-state index contributed by atoms with van der Waals surface area (Å²) in [6, 6.07) is 4.70. The van der Waals surface area contributed by atoms with Gasteiger partial charge in [0.15, 0.2) is 0 Å². The third-order valence-electron chi connectivity index (χ3n) is 4.19. The molecule has 2 aliphatic heterocycles. The van der Waals surface area contributed by atoms with Gasteiger partial charge in [0.05, 0.1) is 11.6 Å². The number of benzene rings is 1. The standard InChI is InChI=1S/C16H19ClN2O3/c1-2-22-14-6-5-10(8-11(14)17)9-12-16(21)19-7-3-4-13(19)15(20)18-12/h5-6,8,12-13H,2-4,7,9H2,1H3,(H,18,20)/t12-,13-/m0/s1. The molecular weight excluding hydrogens is 304 g/mol. The number of hydrogen-bond donors (Lipinski definition) is 1. The summed E-state index contributed by atoms with van der Waals surface area (Å²) >= 11 is 6.17. The van der Waals surface area contributed by atoms with Gasteiger partial charge in [0.1, 0.15) is 17.8 Å². The fourth-order valence-electron chi connectivity index (χ4n) is 3.15. The van der Waals surface area contributed by atoms with Gasteiger partial charge in [-0.05, 0) is 37.5 Å². The van der Waals surface area contributed by atoms with E-state index in [2.05, 4.69) is 5.32 Å². The Bertz CT molecular complexity index is 605. The topological polar surface area (TPSA) is 58.6 Å². The zero-order valence-electron chi connectivity index (χ0n) is 12.5. The number of carbonyl (C=O) groups is 2. The van der Waals surface area contributed by atoms with Crippen LogP contribution in [0.1, 0.15) is 25.3 Å². The molecule has 2 saturated heterocycles. The Hall–Kier alpha value is -1.75. The zero-order valence-corrected chi connectivity index (χ0v) is 13.2. The number of hydrogen-bond acceptors (Lipinski definition) is 3. The molecule has 2 fully saturated rings. The summed E-state index contributed by atoms with van der Waals surface area (Å²) in [6.07, 6.45) is 2.10. The first-order valence-electron chi connectivity index (χ1n) is 7.62. The van der Waals surface area contributed by atoms with Gasteiger partial charge in [0.25, 0.3) is 0 Å². The molecule has 0 radical (unpaired) electrons. The van der Waals surface area contributed by atoms with Crippen molar-refractivity contribution in [2.45, 2.75) is 38.3 Å². The minimum Gasteiger partial charge on any atom is -0.492 e. The van der Waals surface area contributed by atoms with Crippen LogP contribution in [-0.4, -0.2) is 41.9 Å². The average Bonchev–Trinajstić information content (AvgIpc) is 2.98. The van der Waals surface area contributed by atoms with Gasteiger partial charge in [0, 0.05) is 13.0 Å². The summed E-state index contributed by atoms with van der Waals surface area (Å²) in [5.74, 6) is 0.595. The Labute approximate surface area is 134 Å². The number of piperazine rings is 1. The van der Waals surface area contributed by atoms with Crippen molar-refractivity contribution in [3.8, 4) is 5.75 Å². The highest BCUT2D eigenvalue weighted by Crippen LogP contribution is 2.27. The molecule has 2 amide bonds. The molecule has 0 aliphatic carbocycles. The van der Waals surface area contributed by atoms with E-state index >= 15 is 0 Å². The normalized spacial score (nSPS) is 24.2. The maximum Gasteiger partial charge on any atom is 0.246 e. The van der Waals surface area contributed by atoms with E-state index in [9.17, 15) is 9.59 Å². The molecule has 0 spiro atoms. The van der Waals surface area contributed by atoms with Crippen LogP contribution in [0.4, 0.5) is 0 Å². The van der Waals surface area contributed by atoms with Crippen LogP contribution < -0.4 is 10.1 Å². The van der Waals surface area contributed by atoms with Gasteiger partial charge >= 0.3 is 0 Å². The maximum absolute atomic E-state index is 12.5. The number of fused-ring (bicyclic) bond motifs is 1. The first kappa shape index (κ1) is 15.2. The van der Waals surface area contributed by atoms with Crippen LogP contribution in [0.25, 0.3) is 0 Å². The predicted molar refractivity (Wildman–Crippen MR) is 83.0 cm³/mol. The van der Waals surface area contributed by atoms with E-state index in [0.717, 1.165) is 18.4 Å². The van der Waals surface area contributed by atoms with Gasteiger partial charge in [-0.1, -0.05) is 17.7 Å². The fourth-order valence-corrected chi connectivity index (χ4v) is 3.41. The second kappa shape index (κ2) is 6.16. The number of amides is 2. The van der Waals surface area contributed by atoms with Gasteiger partial charge in [-0.15, -0.1) is 0 Å². The van der Waals surface area contributed by atoms with E-state index in [-0.39, 0.29) is 17.9 Å². The van der Waals surface area contributed by atoms with Crippen molar-refractivity contribution in [3.05, 3.63) is 28.8 Å². The smallest absolute Gasteiger partial charge is 0.246 e. The van der Waals surface area contributed by atoms with Crippen molar-refractivity contribution in [3.63, 3.8) is 0 Å². The van der Waals surface area contributed by atoms with Crippen molar-refractivity contribution < 1.29 is 14.3 Å². The average molecular weight is 323 g/mol. The summed E-state index contributed by atoms with van der Waals surface area (Å²) in [5.41, 5.74) is 0.907. The van der Waals surface area contributed by atoms with Gasteiger partial charge in [-0.3, -0.25) is 9.59 Å². The largest absolute Gasteiger partial charge is 0.492 e. The molecule has 1 aromatic rings. The molecule has 5 nitrogen and oxygen atoms in total. The molecule has 0 unspecified atom stereocenters. The minimum atomic E-state index is -0.504. The van der Waals surface area contributed by atoms with Crippen molar-refractivity contribution in [1.82, 2.24) is 10.2 Å². The minimum absolute atomic E-state index is 0.00658. The highest BCUT2D eigenvalue weighted by molar-refractivity contribution is 6.32. The molecule has 118 valence electrons. The molecule has 22 heavy (non-hydrogen) atoms. The third kappa shape index (κ3) is 2.77. The summed E-state index contributed by atoms with van der Waals surface area (Å²) in [7, 11) is 0. The Balaban J connectivity index is 1.74. The third-order valence-corrected chi connectivity index (χ3v) is 4.48. The molecular formula is C16H19ClN2O3. The molecule has 0 aromatic heterocycles. The van der Waals surface area contributed by atoms with Crippen LogP contribution in [0.2, 0.25) is 5.02 Å². The summed E-state index contributed by atoms with van der Waals surface area (Å²) in [5, 5.41) is 3.36. The Morgan fingerprint density at radius 2 is 2.23 bits per heavy atom. The lowest BCUT2D eigenvalue weighted by Crippen LogP contribution is -2.61. The second-order valence-corrected chi connectivity index (χ2v) is 6.06. The lowest BCUT2D eigenvalue weighted by atomic mass is 10.0. The second-order valence-electron chi connectivity index (χ2n) is 5.65. The van der Waals surface area contributed by atoms with Crippen LogP contribution in [0.15, 0.2) is 18.2 Å². The summed E-state index contributed by atoms with van der Waals surface area (Å²) < 4.78 is 5.40. The molecule has 0 saturated carbocycles. The highest BCUT2D eigenvalue weighted by Gasteiger charge is 2.42. The quantitative estimate of drug-likeness (QED) is 0.919. The van der Waals surface area contributed by atoms with Crippen LogP contribution in [0, 0.1) is 0 Å². The van der Waals surface area contributed by atoms with E-state index in [4.69, 9.17) is 16.3 Å². The number of rotatable bonds is 4. The molecule has 1 N–H and O–H groups in total. The summed E-state index contributed by atoms with van der Waals surface area (Å²) in [6.45, 7) is 3.12. The van der Waals surface area contributed by atoms with Crippen molar-refractivity contribution in [2.24, 2.45) is 0 Å². The lowest BCUT2D eigenvalue weighted by molar-refractivity contribution is -0.146. The van der Waals surface area contributed by atoms with E-state index in [0.29, 0.717) is 30.3 Å². The van der Waals surface area contributed by atoms with E-state index in [1.54, 1.807) is 17.0 Å². The molecule has 3 rings (SSSR count). The van der Waals surface area contributed by atoms with Crippen LogP contribution in [0.5, 0.6) is 5.75 Å². The van der Waals surface area contributed by atoms with Gasteiger partial charge in [0.2, 0.25) is 11.8 Å². The van der Waals surface area contributed by atoms with Crippen LogP contribution >= 0.6 is 11.6 Å². The van der Waals surface area contributed by atoms with Gasteiger partial charge < -0.3 is 15.0 Å². The van der Waals surface area contributed by atoms with E-state index < -0.39 is 6.04 Å². The van der Waals surface area contributed by atoms with E-state index in [1.807, 2.05) is 13.0 Å². The number of ether oxygens (including phenoxy) is 1. The molecule has 2 atom stereocenters. The number of carbonyl (C=O) groups excluding carboxylic acids is 2. The zero-order chi connectivity index (χ0) is 15.7. The number of nitrogens with one attached hydrogen (secondary N) is 1. The predicted octanol–water partition coefficient (Wildman–Crippen LogP) is 1.77. The maximum atomic E-state index is 12.5. The number of nitrogens with zero attached hydrogens (tertiary/aromatic N) is 1. The molecule has 2 heterocycles. The lowest BCUT2D eigenvalue weighted by Gasteiger charge is -2.34. The van der Waals surface area contributed by atoms with Crippen molar-refractivity contribution >= 4 is 23.4 Å². The van der Waals surface area contributed by atoms with Gasteiger partial charge in [-0.25, -0.2) is 0 Å². The molecule has 0 bridgehead atoms. The van der Waals surface area contributed by atoms with Gasteiger partial charge in [-0.2, -0.15) is 0 Å². The summed E-state index contributed by atoms with van der Waals surface area (Å²) in [4.78, 5) is 26.2. The number of halogens is 1. The SMILES string of the molecule is CCOc1ccc(C[C@@H]2NC(=O)[C@@H]3CCCN3C2=O)cc1Cl. The highest BCUT2D eigenvalue weighted by atomic mass is 35.5. The van der Waals surface area contributed by atoms with Crippen LogP contribution in [-0.2, 0) is 16.0 Å². The molecule has 2 aliphatic rings. The Kier molecular flexibility index (Phi) is 4.25. The van der Waals surface area contributed by atoms with Crippen LogP contribution in [0.3, 0.4) is 0 Å². The van der Waals surface area contributed by atoms with Crippen molar-refractivity contribution in [1.29, 1.82) is 0 Å². The molecule has 1 aromatic carbocycles. The first-order chi connectivity index (χ1) is 10.6. The Morgan fingerprint density at radius 3 is 2.95 bits per heavy atom. The Morgan fingerprint density at radius 1 is 1.41 bits per heavy atom. The monoisotopic (exact) mass is 322 g/mol. The van der Waals surface area contributed by atoms with E-state index in [1.165, 1.54) is 0 Å². The fraction of sp³-hybridized carbons (Fsp3) is 0.500. The molecule has 6 heteroatoms.